The lowest BCUT2D eigenvalue weighted by Crippen LogP contribution is -2.13. The average molecular weight is 267 g/mol. The summed E-state index contributed by atoms with van der Waals surface area (Å²) in [5.41, 5.74) is 10.3. The first-order valence-electron chi connectivity index (χ1n) is 7.35. The van der Waals surface area contributed by atoms with Crippen LogP contribution in [0.5, 0.6) is 0 Å². The van der Waals surface area contributed by atoms with Crippen molar-refractivity contribution >= 4 is 5.69 Å². The summed E-state index contributed by atoms with van der Waals surface area (Å²) in [6.07, 6.45) is 3.89. The van der Waals surface area contributed by atoms with E-state index >= 15 is 0 Å². The number of fused-ring (bicyclic) bond motifs is 1. The number of hydrogen-bond acceptors (Lipinski definition) is 2. The minimum atomic E-state index is -0.436. The summed E-state index contributed by atoms with van der Waals surface area (Å²) in [6.45, 7) is 0. The Hall–Kier alpha value is -1.80. The third-order valence-electron chi connectivity index (χ3n) is 4.30. The van der Waals surface area contributed by atoms with Gasteiger partial charge < -0.3 is 10.8 Å². The van der Waals surface area contributed by atoms with Gasteiger partial charge in [-0.25, -0.2) is 0 Å². The first-order valence-corrected chi connectivity index (χ1v) is 7.35. The number of benzene rings is 2. The first-order chi connectivity index (χ1) is 9.74. The normalized spacial score (nSPS) is 19.4. The number of nitrogens with two attached hydrogens (primary N) is 1. The highest BCUT2D eigenvalue weighted by molar-refractivity contribution is 5.41. The molecule has 2 aromatic carbocycles. The smallest absolute Gasteiger partial charge is 0.0796 e. The molecule has 3 N–H and O–H groups in total. The Kier molecular flexibility index (Phi) is 3.75. The van der Waals surface area contributed by atoms with Gasteiger partial charge in [-0.3, -0.25) is 0 Å². The quantitative estimate of drug-likeness (QED) is 0.831. The van der Waals surface area contributed by atoms with E-state index in [-0.39, 0.29) is 0 Å². The predicted molar refractivity (Wildman–Crippen MR) is 82.6 cm³/mol. The van der Waals surface area contributed by atoms with Gasteiger partial charge in [-0.05, 0) is 60.4 Å². The van der Waals surface area contributed by atoms with Crippen LogP contribution in [0.3, 0.4) is 0 Å². The third-order valence-corrected chi connectivity index (χ3v) is 4.30. The van der Waals surface area contributed by atoms with Crippen molar-refractivity contribution in [1.82, 2.24) is 0 Å². The van der Waals surface area contributed by atoms with Crippen LogP contribution >= 0.6 is 0 Å². The monoisotopic (exact) mass is 267 g/mol. The van der Waals surface area contributed by atoms with Gasteiger partial charge in [0, 0.05) is 5.69 Å². The summed E-state index contributed by atoms with van der Waals surface area (Å²) in [6, 6.07) is 16.2. The fourth-order valence-corrected chi connectivity index (χ4v) is 3.27. The van der Waals surface area contributed by atoms with Crippen molar-refractivity contribution in [2.24, 2.45) is 0 Å². The van der Waals surface area contributed by atoms with E-state index < -0.39 is 6.10 Å². The van der Waals surface area contributed by atoms with Gasteiger partial charge >= 0.3 is 0 Å². The second-order valence-corrected chi connectivity index (χ2v) is 5.71. The number of aryl methyl sites for hydroxylation is 1. The van der Waals surface area contributed by atoms with E-state index in [9.17, 15) is 5.11 Å². The van der Waals surface area contributed by atoms with Gasteiger partial charge in [0.15, 0.2) is 0 Å². The van der Waals surface area contributed by atoms with E-state index in [1.807, 2.05) is 24.3 Å². The van der Waals surface area contributed by atoms with E-state index in [0.717, 1.165) is 18.4 Å². The second-order valence-electron chi connectivity index (χ2n) is 5.71. The average Bonchev–Trinajstić information content (AvgIpc) is 2.47. The summed E-state index contributed by atoms with van der Waals surface area (Å²) >= 11 is 0. The van der Waals surface area contributed by atoms with Crippen molar-refractivity contribution in [2.45, 2.75) is 37.7 Å². The molecule has 3 rings (SSSR count). The van der Waals surface area contributed by atoms with Crippen LogP contribution in [0.2, 0.25) is 0 Å². The van der Waals surface area contributed by atoms with Gasteiger partial charge in [0.25, 0.3) is 0 Å². The molecule has 0 saturated heterocycles. The topological polar surface area (TPSA) is 46.2 Å². The Balaban J connectivity index is 1.79. The SMILES string of the molecule is Nc1cccc(C(O)CC2CCCc3ccccc32)c1. The molecule has 0 amide bonds. The van der Waals surface area contributed by atoms with E-state index in [4.69, 9.17) is 5.73 Å². The van der Waals surface area contributed by atoms with Crippen LogP contribution in [-0.2, 0) is 6.42 Å². The molecule has 0 aromatic heterocycles. The minimum Gasteiger partial charge on any atom is -0.399 e. The van der Waals surface area contributed by atoms with Gasteiger partial charge in [-0.15, -0.1) is 0 Å². The van der Waals surface area contributed by atoms with Gasteiger partial charge in [-0.2, -0.15) is 0 Å². The van der Waals surface area contributed by atoms with Crippen molar-refractivity contribution in [1.29, 1.82) is 0 Å². The number of aliphatic hydroxyl groups excluding tert-OH is 1. The molecule has 1 aliphatic rings. The lowest BCUT2D eigenvalue weighted by atomic mass is 9.79. The van der Waals surface area contributed by atoms with E-state index in [2.05, 4.69) is 24.3 Å². The van der Waals surface area contributed by atoms with Gasteiger partial charge in [0.1, 0.15) is 0 Å². The number of anilines is 1. The molecule has 104 valence electrons. The van der Waals surface area contributed by atoms with Crippen molar-refractivity contribution in [2.75, 3.05) is 5.73 Å². The van der Waals surface area contributed by atoms with Crippen molar-refractivity contribution < 1.29 is 5.11 Å². The molecular formula is C18H21NO. The molecule has 0 spiro atoms. The summed E-state index contributed by atoms with van der Waals surface area (Å²) in [7, 11) is 0. The molecule has 2 atom stereocenters. The lowest BCUT2D eigenvalue weighted by Gasteiger charge is -2.27. The number of rotatable bonds is 3. The van der Waals surface area contributed by atoms with Gasteiger partial charge in [0.2, 0.25) is 0 Å². The summed E-state index contributed by atoms with van der Waals surface area (Å²) < 4.78 is 0. The molecule has 0 aliphatic heterocycles. The molecule has 0 radical (unpaired) electrons. The standard InChI is InChI=1S/C18H21NO/c19-16-9-4-8-15(11-16)18(20)12-14-7-3-6-13-5-1-2-10-17(13)14/h1-2,4-5,8-11,14,18,20H,3,6-7,12,19H2. The van der Waals surface area contributed by atoms with Gasteiger partial charge in [0.05, 0.1) is 6.10 Å². The largest absolute Gasteiger partial charge is 0.399 e. The molecule has 0 fully saturated rings. The molecule has 20 heavy (non-hydrogen) atoms. The maximum absolute atomic E-state index is 10.5. The molecule has 0 bridgehead atoms. The summed E-state index contributed by atoms with van der Waals surface area (Å²) in [5.74, 6) is 0.455. The Bertz CT molecular complexity index is 593. The molecule has 2 heteroatoms. The summed E-state index contributed by atoms with van der Waals surface area (Å²) in [4.78, 5) is 0. The number of hydrogen-bond donors (Lipinski definition) is 2. The maximum atomic E-state index is 10.5. The fraction of sp³-hybridized carbons (Fsp3) is 0.333. The zero-order valence-electron chi connectivity index (χ0n) is 11.6. The highest BCUT2D eigenvalue weighted by Gasteiger charge is 2.23. The Morgan fingerprint density at radius 3 is 2.85 bits per heavy atom. The molecule has 0 saturated carbocycles. The van der Waals surface area contributed by atoms with Gasteiger partial charge in [-0.1, -0.05) is 36.4 Å². The van der Waals surface area contributed by atoms with Crippen molar-refractivity contribution in [3.63, 3.8) is 0 Å². The van der Waals surface area contributed by atoms with E-state index in [0.29, 0.717) is 11.6 Å². The number of aliphatic hydroxyl groups is 1. The fourth-order valence-electron chi connectivity index (χ4n) is 3.27. The van der Waals surface area contributed by atoms with Crippen LogP contribution in [0, 0.1) is 0 Å². The zero-order valence-corrected chi connectivity index (χ0v) is 11.6. The van der Waals surface area contributed by atoms with E-state index in [1.165, 1.54) is 24.0 Å². The highest BCUT2D eigenvalue weighted by atomic mass is 16.3. The van der Waals surface area contributed by atoms with Crippen molar-refractivity contribution in [3.8, 4) is 0 Å². The third kappa shape index (κ3) is 2.70. The maximum Gasteiger partial charge on any atom is 0.0796 e. The first kappa shape index (κ1) is 13.2. The Labute approximate surface area is 120 Å². The van der Waals surface area contributed by atoms with Crippen LogP contribution in [0.25, 0.3) is 0 Å². The van der Waals surface area contributed by atoms with Crippen molar-refractivity contribution in [3.05, 3.63) is 65.2 Å². The highest BCUT2D eigenvalue weighted by Crippen LogP contribution is 2.37. The zero-order chi connectivity index (χ0) is 13.9. The predicted octanol–water partition coefficient (Wildman–Crippen LogP) is 3.81. The molecule has 1 aliphatic carbocycles. The Morgan fingerprint density at radius 2 is 2.00 bits per heavy atom. The number of nitrogen functional groups attached to an aromatic ring is 1. The lowest BCUT2D eigenvalue weighted by molar-refractivity contribution is 0.154. The van der Waals surface area contributed by atoms with Crippen LogP contribution in [0.1, 0.15) is 48.0 Å². The second kappa shape index (κ2) is 5.68. The molecular weight excluding hydrogens is 246 g/mol. The van der Waals surface area contributed by atoms with E-state index in [1.54, 1.807) is 0 Å². The minimum absolute atomic E-state index is 0.436. The molecule has 2 unspecified atom stereocenters. The molecule has 0 heterocycles. The summed E-state index contributed by atoms with van der Waals surface area (Å²) in [5, 5.41) is 10.5. The van der Waals surface area contributed by atoms with Crippen LogP contribution < -0.4 is 5.73 Å². The molecule has 2 nitrogen and oxygen atoms in total. The Morgan fingerprint density at radius 1 is 1.15 bits per heavy atom. The molecule has 2 aromatic rings. The van der Waals surface area contributed by atoms with Crippen LogP contribution in [-0.4, -0.2) is 5.11 Å². The van der Waals surface area contributed by atoms with Crippen LogP contribution in [0.4, 0.5) is 5.69 Å². The van der Waals surface area contributed by atoms with Crippen LogP contribution in [0.15, 0.2) is 48.5 Å².